The van der Waals surface area contributed by atoms with E-state index in [4.69, 9.17) is 9.47 Å². The molecule has 154 valence electrons. The summed E-state index contributed by atoms with van der Waals surface area (Å²) in [5.41, 5.74) is 2.50. The fraction of sp³-hybridized carbons (Fsp3) is 0.286. The summed E-state index contributed by atoms with van der Waals surface area (Å²) in [4.78, 5) is 24.1. The van der Waals surface area contributed by atoms with Gasteiger partial charge in [-0.25, -0.2) is 9.97 Å². The Kier molecular flexibility index (Phi) is 5.11. The maximum absolute atomic E-state index is 11.4. The van der Waals surface area contributed by atoms with Crippen molar-refractivity contribution in [1.29, 1.82) is 0 Å². The first-order valence-corrected chi connectivity index (χ1v) is 11.2. The van der Waals surface area contributed by atoms with Crippen molar-refractivity contribution in [3.05, 3.63) is 48.2 Å². The van der Waals surface area contributed by atoms with E-state index in [1.54, 1.807) is 35.2 Å². The molecule has 3 atom stereocenters. The van der Waals surface area contributed by atoms with Crippen LogP contribution < -0.4 is 0 Å². The molecule has 1 aliphatic rings. The monoisotopic (exact) mass is 441 g/mol. The number of nitrogens with zero attached hydrogens (tertiary/aromatic N) is 3. The molecule has 1 saturated heterocycles. The molecule has 0 aliphatic carbocycles. The van der Waals surface area contributed by atoms with Crippen molar-refractivity contribution >= 4 is 39.8 Å². The summed E-state index contributed by atoms with van der Waals surface area (Å²) in [6.45, 7) is 1.13. The molecule has 0 unspecified atom stereocenters. The predicted molar refractivity (Wildman–Crippen MR) is 115 cm³/mol. The number of carbonyl (C=O) groups is 1. The highest BCUT2D eigenvalue weighted by Crippen LogP contribution is 2.39. The van der Waals surface area contributed by atoms with Gasteiger partial charge in [-0.2, -0.15) is 0 Å². The lowest BCUT2D eigenvalue weighted by atomic mass is 10.2. The number of hydrogen-bond acceptors (Lipinski definition) is 8. The van der Waals surface area contributed by atoms with Gasteiger partial charge in [0.25, 0.3) is 0 Å². The van der Waals surface area contributed by atoms with Crippen LogP contribution in [0.3, 0.4) is 0 Å². The molecule has 9 heteroatoms. The van der Waals surface area contributed by atoms with Gasteiger partial charge in [-0.3, -0.25) is 9.36 Å². The molecule has 5 rings (SSSR count). The number of ether oxygens (including phenoxy) is 2. The number of rotatable bonds is 5. The summed E-state index contributed by atoms with van der Waals surface area (Å²) in [7, 11) is 0. The summed E-state index contributed by atoms with van der Waals surface area (Å²) < 4.78 is 13.1. The zero-order valence-electron chi connectivity index (χ0n) is 16.1. The highest BCUT2D eigenvalue weighted by molar-refractivity contribution is 7.23. The van der Waals surface area contributed by atoms with E-state index >= 15 is 0 Å². The predicted octanol–water partition coefficient (Wildman–Crippen LogP) is 4.10. The number of aliphatic hydroxyl groups excluding tert-OH is 1. The number of thiophene rings is 2. The average molecular weight is 442 g/mol. The van der Waals surface area contributed by atoms with Gasteiger partial charge in [0.15, 0.2) is 5.65 Å². The van der Waals surface area contributed by atoms with Crippen LogP contribution in [0.2, 0.25) is 0 Å². The highest BCUT2D eigenvalue weighted by atomic mass is 32.1. The fourth-order valence-electron chi connectivity index (χ4n) is 3.75. The number of imidazole rings is 1. The molecule has 1 aliphatic heterocycles. The van der Waals surface area contributed by atoms with Crippen LogP contribution in [0.1, 0.15) is 19.6 Å². The van der Waals surface area contributed by atoms with E-state index in [1.807, 2.05) is 10.6 Å². The summed E-state index contributed by atoms with van der Waals surface area (Å²) in [5, 5.41) is 11.7. The number of pyridine rings is 1. The number of carbonyl (C=O) groups excluding carboxylic acids is 1. The number of hydrogen-bond donors (Lipinski definition) is 1. The molecule has 0 amide bonds. The topological polar surface area (TPSA) is 86.5 Å². The van der Waals surface area contributed by atoms with E-state index in [1.165, 1.54) is 16.7 Å². The van der Waals surface area contributed by atoms with Crippen LogP contribution in [0.15, 0.2) is 48.2 Å². The van der Waals surface area contributed by atoms with Crippen LogP contribution in [0, 0.1) is 0 Å². The molecule has 0 aromatic carbocycles. The van der Waals surface area contributed by atoms with Crippen molar-refractivity contribution in [3.8, 4) is 20.2 Å². The van der Waals surface area contributed by atoms with Gasteiger partial charge in [0.2, 0.25) is 0 Å². The van der Waals surface area contributed by atoms with Crippen molar-refractivity contribution in [1.82, 2.24) is 14.5 Å². The van der Waals surface area contributed by atoms with Gasteiger partial charge in [-0.1, -0.05) is 6.07 Å². The largest absolute Gasteiger partial charge is 0.460 e. The maximum atomic E-state index is 11.4. The summed E-state index contributed by atoms with van der Waals surface area (Å²) in [6.07, 6.45) is 2.43. The van der Waals surface area contributed by atoms with Crippen LogP contribution in [0.4, 0.5) is 0 Å². The third-order valence-electron chi connectivity index (χ3n) is 5.08. The molecule has 1 N–H and O–H groups in total. The fourth-order valence-corrected chi connectivity index (χ4v) is 5.62. The molecule has 0 spiro atoms. The number of esters is 1. The van der Waals surface area contributed by atoms with Crippen molar-refractivity contribution in [3.63, 3.8) is 0 Å². The Hall–Kier alpha value is -2.59. The molecule has 4 aromatic rings. The van der Waals surface area contributed by atoms with Crippen molar-refractivity contribution in [2.45, 2.75) is 31.8 Å². The second kappa shape index (κ2) is 7.92. The number of fused-ring (bicyclic) bond motifs is 1. The van der Waals surface area contributed by atoms with Crippen molar-refractivity contribution in [2.75, 3.05) is 6.61 Å². The lowest BCUT2D eigenvalue weighted by molar-refractivity contribution is -0.150. The van der Waals surface area contributed by atoms with Gasteiger partial charge >= 0.3 is 5.97 Å². The molecule has 5 heterocycles. The average Bonchev–Trinajstić information content (AvgIpc) is 3.52. The third kappa shape index (κ3) is 3.43. The van der Waals surface area contributed by atoms with Crippen LogP contribution in [0.25, 0.3) is 31.4 Å². The van der Waals surface area contributed by atoms with E-state index in [-0.39, 0.29) is 6.61 Å². The lowest BCUT2D eigenvalue weighted by Gasteiger charge is -2.15. The lowest BCUT2D eigenvalue weighted by Crippen LogP contribution is -2.29. The first-order valence-electron chi connectivity index (χ1n) is 9.53. The zero-order valence-corrected chi connectivity index (χ0v) is 17.7. The molecule has 1 fully saturated rings. The Bertz CT molecular complexity index is 1180. The summed E-state index contributed by atoms with van der Waals surface area (Å²) in [6, 6.07) is 10.4. The van der Waals surface area contributed by atoms with E-state index in [9.17, 15) is 9.90 Å². The Morgan fingerprint density at radius 2 is 2.13 bits per heavy atom. The Morgan fingerprint density at radius 3 is 2.90 bits per heavy atom. The van der Waals surface area contributed by atoms with Gasteiger partial charge in [-0.05, 0) is 29.6 Å². The molecule has 7 nitrogen and oxygen atoms in total. The van der Waals surface area contributed by atoms with E-state index in [0.29, 0.717) is 12.1 Å². The van der Waals surface area contributed by atoms with Gasteiger partial charge < -0.3 is 14.6 Å². The second-order valence-electron chi connectivity index (χ2n) is 7.02. The van der Waals surface area contributed by atoms with E-state index < -0.39 is 24.4 Å². The Balaban J connectivity index is 1.48. The van der Waals surface area contributed by atoms with Crippen molar-refractivity contribution in [2.24, 2.45) is 0 Å². The SMILES string of the molecule is CC(=O)O[C@@H]1C[C@H](n2cnc3c(-c4ccc(-c5cccs5)s4)ccnc32)O[C@@H]1CO. The van der Waals surface area contributed by atoms with Gasteiger partial charge in [0.05, 0.1) is 12.9 Å². The minimum atomic E-state index is -0.565. The second-order valence-corrected chi connectivity index (χ2v) is 9.05. The first kappa shape index (κ1) is 19.4. The third-order valence-corrected chi connectivity index (χ3v) is 7.27. The Morgan fingerprint density at radius 1 is 1.27 bits per heavy atom. The zero-order chi connectivity index (χ0) is 20.7. The molecule has 0 radical (unpaired) electrons. The molecule has 30 heavy (non-hydrogen) atoms. The van der Waals surface area contributed by atoms with E-state index in [2.05, 4.69) is 39.6 Å². The summed E-state index contributed by atoms with van der Waals surface area (Å²) in [5.74, 6) is -0.391. The van der Waals surface area contributed by atoms with E-state index in [0.717, 1.165) is 16.0 Å². The molecule has 4 aromatic heterocycles. The van der Waals surface area contributed by atoms with Crippen LogP contribution in [-0.2, 0) is 14.3 Å². The summed E-state index contributed by atoms with van der Waals surface area (Å²) >= 11 is 3.44. The molecular formula is C21H19N3O4S2. The standard InChI is InChI=1S/C21H19N3O4S2/c1-12(26)27-14-9-19(28-15(14)10-25)24-11-23-20-13(6-7-22-21(20)24)16-4-5-18(30-16)17-3-2-8-29-17/h2-8,11,14-15,19,25H,9-10H2,1H3/t14-,15-,19-/m1/s1. The number of aliphatic hydroxyl groups is 1. The first-order chi connectivity index (χ1) is 14.6. The van der Waals surface area contributed by atoms with Crippen LogP contribution in [0.5, 0.6) is 0 Å². The smallest absolute Gasteiger partial charge is 0.302 e. The van der Waals surface area contributed by atoms with Gasteiger partial charge in [0, 0.05) is 39.7 Å². The quantitative estimate of drug-likeness (QED) is 0.469. The molecule has 0 saturated carbocycles. The normalized spacial score (nSPS) is 21.3. The Labute approximate surface area is 180 Å². The van der Waals surface area contributed by atoms with Crippen LogP contribution >= 0.6 is 22.7 Å². The number of aromatic nitrogens is 3. The van der Waals surface area contributed by atoms with Gasteiger partial charge in [0.1, 0.15) is 24.0 Å². The van der Waals surface area contributed by atoms with Crippen LogP contribution in [-0.4, -0.2) is 44.4 Å². The minimum Gasteiger partial charge on any atom is -0.460 e. The van der Waals surface area contributed by atoms with Gasteiger partial charge in [-0.15, -0.1) is 22.7 Å². The molecular weight excluding hydrogens is 422 g/mol. The molecule has 0 bridgehead atoms. The minimum absolute atomic E-state index is 0.222. The van der Waals surface area contributed by atoms with Crippen molar-refractivity contribution < 1.29 is 19.4 Å². The highest BCUT2D eigenvalue weighted by Gasteiger charge is 2.38. The maximum Gasteiger partial charge on any atom is 0.302 e.